The third kappa shape index (κ3) is 3.53. The lowest BCUT2D eigenvalue weighted by molar-refractivity contribution is -0.153. The van der Waals surface area contributed by atoms with Gasteiger partial charge in [0.25, 0.3) is 0 Å². The Labute approximate surface area is 124 Å². The summed E-state index contributed by atoms with van der Waals surface area (Å²) in [6.07, 6.45) is 0. The van der Waals surface area contributed by atoms with Crippen molar-refractivity contribution in [1.82, 2.24) is 10.2 Å². The third-order valence-electron chi connectivity index (χ3n) is 3.66. The Morgan fingerprint density at radius 2 is 2.14 bits per heavy atom. The number of morpholine rings is 1. The normalized spacial score (nSPS) is 26.4. The van der Waals surface area contributed by atoms with Crippen LogP contribution in [-0.4, -0.2) is 61.7 Å². The molecule has 21 heavy (non-hydrogen) atoms. The van der Waals surface area contributed by atoms with E-state index in [9.17, 15) is 9.59 Å². The summed E-state index contributed by atoms with van der Waals surface area (Å²) >= 11 is 0. The van der Waals surface area contributed by atoms with Gasteiger partial charge in [-0.2, -0.15) is 0 Å². The maximum Gasteiger partial charge on any atom is 0.320 e. The third-order valence-corrected chi connectivity index (χ3v) is 3.66. The van der Waals surface area contributed by atoms with Crippen LogP contribution >= 0.6 is 0 Å². The molecule has 0 bridgehead atoms. The van der Waals surface area contributed by atoms with E-state index in [1.165, 1.54) is 0 Å². The molecular formula is C14H23N3O4. The molecule has 118 valence electrons. The molecule has 7 nitrogen and oxygen atoms in total. The number of amides is 1. The molecule has 0 aliphatic carbocycles. The smallest absolute Gasteiger partial charge is 0.320 e. The van der Waals surface area contributed by atoms with Gasteiger partial charge in [-0.15, -0.1) is 0 Å². The minimum absolute atomic E-state index is 0.0708. The van der Waals surface area contributed by atoms with E-state index in [0.29, 0.717) is 32.3 Å². The van der Waals surface area contributed by atoms with Crippen molar-refractivity contribution >= 4 is 17.8 Å². The second kappa shape index (κ2) is 6.89. The number of nitrogens with zero attached hydrogens (tertiary/aromatic N) is 2. The van der Waals surface area contributed by atoms with E-state index < -0.39 is 17.9 Å². The van der Waals surface area contributed by atoms with E-state index >= 15 is 0 Å². The molecule has 1 fully saturated rings. The number of carbonyl (C=O) groups is 2. The van der Waals surface area contributed by atoms with Crippen molar-refractivity contribution in [3.63, 3.8) is 0 Å². The Bertz CT molecular complexity index is 430. The van der Waals surface area contributed by atoms with E-state index in [1.807, 2.05) is 18.7 Å². The first kappa shape index (κ1) is 15.8. The molecule has 0 saturated carbocycles. The van der Waals surface area contributed by atoms with Crippen molar-refractivity contribution in [3.8, 4) is 0 Å². The molecule has 0 spiro atoms. The number of esters is 1. The minimum atomic E-state index is -0.866. The van der Waals surface area contributed by atoms with E-state index in [0.717, 1.165) is 0 Å². The number of nitrogens with one attached hydrogen (secondary N) is 1. The lowest BCUT2D eigenvalue weighted by Crippen LogP contribution is -2.57. The van der Waals surface area contributed by atoms with E-state index in [4.69, 9.17) is 9.47 Å². The van der Waals surface area contributed by atoms with Crippen LogP contribution in [0.2, 0.25) is 0 Å². The van der Waals surface area contributed by atoms with Gasteiger partial charge in [-0.3, -0.25) is 14.9 Å². The highest BCUT2D eigenvalue weighted by Gasteiger charge is 2.42. The van der Waals surface area contributed by atoms with Gasteiger partial charge in [-0.1, -0.05) is 13.8 Å². The minimum Gasteiger partial charge on any atom is -0.465 e. The lowest BCUT2D eigenvalue weighted by atomic mass is 9.89. The number of ether oxygens (including phenoxy) is 2. The summed E-state index contributed by atoms with van der Waals surface area (Å²) in [6.45, 7) is 8.50. The van der Waals surface area contributed by atoms with Gasteiger partial charge in [-0.05, 0) is 12.8 Å². The fourth-order valence-corrected chi connectivity index (χ4v) is 2.54. The predicted molar refractivity (Wildman–Crippen MR) is 76.7 cm³/mol. The SMILES string of the molecule is CCOC(=O)[C@@H]1C(=O)NC(N2CCOCC2)=N[C@H]1C(C)C. The molecule has 0 unspecified atom stereocenters. The number of rotatable bonds is 3. The van der Waals surface area contributed by atoms with Crippen molar-refractivity contribution in [1.29, 1.82) is 0 Å². The lowest BCUT2D eigenvalue weighted by Gasteiger charge is -2.36. The molecule has 2 atom stereocenters. The van der Waals surface area contributed by atoms with Crippen molar-refractivity contribution in [3.05, 3.63) is 0 Å². The molecule has 0 aromatic rings. The first-order chi connectivity index (χ1) is 10.0. The van der Waals surface area contributed by atoms with Crippen LogP contribution in [0.15, 0.2) is 4.99 Å². The summed E-state index contributed by atoms with van der Waals surface area (Å²) in [4.78, 5) is 30.9. The number of hydrogen-bond acceptors (Lipinski definition) is 6. The number of carbonyl (C=O) groups excluding carboxylic acids is 2. The summed E-state index contributed by atoms with van der Waals surface area (Å²) in [6, 6.07) is -0.393. The van der Waals surface area contributed by atoms with Gasteiger partial charge >= 0.3 is 5.97 Å². The molecule has 2 rings (SSSR count). The average molecular weight is 297 g/mol. The van der Waals surface area contributed by atoms with Crippen LogP contribution in [0.5, 0.6) is 0 Å². The maximum atomic E-state index is 12.3. The molecule has 0 aromatic heterocycles. The molecule has 0 radical (unpaired) electrons. The largest absolute Gasteiger partial charge is 0.465 e. The Morgan fingerprint density at radius 3 is 2.71 bits per heavy atom. The Balaban J connectivity index is 2.21. The predicted octanol–water partition coefficient (Wildman–Crippen LogP) is 0.00830. The zero-order valence-electron chi connectivity index (χ0n) is 12.8. The first-order valence-electron chi connectivity index (χ1n) is 7.42. The van der Waals surface area contributed by atoms with Crippen LogP contribution in [0.3, 0.4) is 0 Å². The first-order valence-corrected chi connectivity index (χ1v) is 7.42. The monoisotopic (exact) mass is 297 g/mol. The second-order valence-corrected chi connectivity index (χ2v) is 5.51. The standard InChI is InChI=1S/C14H23N3O4/c1-4-21-13(19)10-11(9(2)3)15-14(16-12(10)18)17-5-7-20-8-6-17/h9-11H,4-8H2,1-3H3,(H,15,16,18)/t10-,11-/m0/s1. The van der Waals surface area contributed by atoms with Gasteiger partial charge in [0, 0.05) is 13.1 Å². The van der Waals surface area contributed by atoms with Crippen molar-refractivity contribution in [2.45, 2.75) is 26.8 Å². The number of hydrogen-bond donors (Lipinski definition) is 1. The van der Waals surface area contributed by atoms with Gasteiger partial charge in [0.05, 0.1) is 25.9 Å². The Kier molecular flexibility index (Phi) is 5.17. The van der Waals surface area contributed by atoms with Crippen LogP contribution in [0.1, 0.15) is 20.8 Å². The Hall–Kier alpha value is -1.63. The highest BCUT2D eigenvalue weighted by atomic mass is 16.5. The maximum absolute atomic E-state index is 12.3. The topological polar surface area (TPSA) is 80.2 Å². The van der Waals surface area contributed by atoms with E-state index in [1.54, 1.807) is 6.92 Å². The zero-order valence-corrected chi connectivity index (χ0v) is 12.8. The van der Waals surface area contributed by atoms with Gasteiger partial charge < -0.3 is 14.4 Å². The van der Waals surface area contributed by atoms with Crippen LogP contribution in [0.4, 0.5) is 0 Å². The van der Waals surface area contributed by atoms with Crippen molar-refractivity contribution in [2.75, 3.05) is 32.9 Å². The quantitative estimate of drug-likeness (QED) is 0.586. The van der Waals surface area contributed by atoms with Gasteiger partial charge in [0.2, 0.25) is 11.9 Å². The van der Waals surface area contributed by atoms with Gasteiger partial charge in [0.1, 0.15) is 0 Å². The molecule has 2 aliphatic rings. The highest BCUT2D eigenvalue weighted by Crippen LogP contribution is 2.23. The molecule has 2 aliphatic heterocycles. The fraction of sp³-hybridized carbons (Fsp3) is 0.786. The van der Waals surface area contributed by atoms with Gasteiger partial charge in [0.15, 0.2) is 5.92 Å². The molecule has 1 N–H and O–H groups in total. The van der Waals surface area contributed by atoms with Crippen LogP contribution < -0.4 is 5.32 Å². The van der Waals surface area contributed by atoms with Gasteiger partial charge in [-0.25, -0.2) is 4.99 Å². The van der Waals surface area contributed by atoms with E-state index in [-0.39, 0.29) is 18.4 Å². The molecule has 1 saturated heterocycles. The van der Waals surface area contributed by atoms with Crippen LogP contribution in [0.25, 0.3) is 0 Å². The summed E-state index contributed by atoms with van der Waals surface area (Å²) < 4.78 is 10.3. The number of guanidine groups is 1. The highest BCUT2D eigenvalue weighted by molar-refractivity contribution is 6.08. The molecule has 0 aromatic carbocycles. The van der Waals surface area contributed by atoms with Crippen LogP contribution in [-0.2, 0) is 19.1 Å². The summed E-state index contributed by atoms with van der Waals surface area (Å²) in [7, 11) is 0. The summed E-state index contributed by atoms with van der Waals surface area (Å²) in [5.41, 5.74) is 0. The van der Waals surface area contributed by atoms with E-state index in [2.05, 4.69) is 10.3 Å². The van der Waals surface area contributed by atoms with Crippen molar-refractivity contribution < 1.29 is 19.1 Å². The zero-order chi connectivity index (χ0) is 15.4. The average Bonchev–Trinajstić information content (AvgIpc) is 2.47. The van der Waals surface area contributed by atoms with Crippen molar-refractivity contribution in [2.24, 2.45) is 16.8 Å². The second-order valence-electron chi connectivity index (χ2n) is 5.51. The van der Waals surface area contributed by atoms with Crippen LogP contribution in [0, 0.1) is 11.8 Å². The molecule has 7 heteroatoms. The number of aliphatic imine (C=N–C) groups is 1. The molecule has 1 amide bonds. The molecular weight excluding hydrogens is 274 g/mol. The molecule has 2 heterocycles. The summed E-state index contributed by atoms with van der Waals surface area (Å²) in [5.74, 6) is -1.08. The Morgan fingerprint density at radius 1 is 1.48 bits per heavy atom. The fourth-order valence-electron chi connectivity index (χ4n) is 2.54. The summed E-state index contributed by atoms with van der Waals surface area (Å²) in [5, 5.41) is 2.74.